The zero-order valence-corrected chi connectivity index (χ0v) is 18.0. The molecule has 3 amide bonds. The molecule has 2 aromatic rings. The van der Waals surface area contributed by atoms with Crippen LogP contribution in [0.15, 0.2) is 35.4 Å². The average Bonchev–Trinajstić information content (AvgIpc) is 3.26. The highest BCUT2D eigenvalue weighted by atomic mass is 32.2. The Morgan fingerprint density at radius 1 is 1.23 bits per heavy atom. The third-order valence-corrected chi connectivity index (χ3v) is 6.56. The molecule has 1 atom stereocenters. The Morgan fingerprint density at radius 2 is 1.97 bits per heavy atom. The number of nitrogens with zero attached hydrogens (tertiary/aromatic N) is 3. The van der Waals surface area contributed by atoms with Crippen LogP contribution >= 0.6 is 11.8 Å². The fourth-order valence-corrected chi connectivity index (χ4v) is 4.56. The second-order valence-electron chi connectivity index (χ2n) is 7.53. The SMILES string of the molecule is CCC(C)n1cc(/C=C2\SC(=O)N(CC(=O)N3CCOCC3)C2=O)c2ccccc21. The van der Waals surface area contributed by atoms with Gasteiger partial charge in [0.25, 0.3) is 11.1 Å². The number of morpholine rings is 1. The van der Waals surface area contributed by atoms with E-state index < -0.39 is 11.1 Å². The molecule has 2 aliphatic heterocycles. The summed E-state index contributed by atoms with van der Waals surface area (Å²) >= 11 is 0.891. The molecule has 0 saturated carbocycles. The van der Waals surface area contributed by atoms with Gasteiger partial charge >= 0.3 is 0 Å². The predicted molar refractivity (Wildman–Crippen MR) is 117 cm³/mol. The van der Waals surface area contributed by atoms with E-state index in [9.17, 15) is 14.4 Å². The average molecular weight is 428 g/mol. The minimum absolute atomic E-state index is 0.226. The van der Waals surface area contributed by atoms with Gasteiger partial charge in [0, 0.05) is 41.8 Å². The Kier molecular flexibility index (Phi) is 5.97. The number of amides is 3. The summed E-state index contributed by atoms with van der Waals surface area (Å²) in [6.45, 7) is 6.00. The zero-order valence-electron chi connectivity index (χ0n) is 17.2. The fraction of sp³-hybridized carbons (Fsp3) is 0.409. The van der Waals surface area contributed by atoms with Crippen molar-refractivity contribution in [3.8, 4) is 0 Å². The number of imide groups is 1. The summed E-state index contributed by atoms with van der Waals surface area (Å²) in [6.07, 6.45) is 4.79. The van der Waals surface area contributed by atoms with E-state index >= 15 is 0 Å². The molecule has 0 N–H and O–H groups in total. The third-order valence-electron chi connectivity index (χ3n) is 5.65. The van der Waals surface area contributed by atoms with Crippen molar-refractivity contribution in [1.29, 1.82) is 0 Å². The van der Waals surface area contributed by atoms with Crippen LogP contribution in [0.4, 0.5) is 4.79 Å². The molecule has 0 bridgehead atoms. The van der Waals surface area contributed by atoms with Crippen molar-refractivity contribution in [1.82, 2.24) is 14.4 Å². The number of fused-ring (bicyclic) bond motifs is 1. The number of para-hydroxylation sites is 1. The largest absolute Gasteiger partial charge is 0.378 e. The molecular formula is C22H25N3O4S. The van der Waals surface area contributed by atoms with Gasteiger partial charge in [0.05, 0.1) is 18.1 Å². The van der Waals surface area contributed by atoms with E-state index in [4.69, 9.17) is 4.74 Å². The minimum atomic E-state index is -0.410. The Hall–Kier alpha value is -2.58. The Morgan fingerprint density at radius 3 is 2.70 bits per heavy atom. The molecule has 7 nitrogen and oxygen atoms in total. The smallest absolute Gasteiger partial charge is 0.294 e. The van der Waals surface area contributed by atoms with Crippen LogP contribution in [-0.4, -0.2) is 64.3 Å². The van der Waals surface area contributed by atoms with Gasteiger partial charge in [-0.1, -0.05) is 25.1 Å². The van der Waals surface area contributed by atoms with Crippen molar-refractivity contribution in [2.24, 2.45) is 0 Å². The number of carbonyl (C=O) groups is 3. The summed E-state index contributed by atoms with van der Waals surface area (Å²) in [5, 5.41) is 0.632. The maximum absolute atomic E-state index is 12.9. The van der Waals surface area contributed by atoms with Crippen molar-refractivity contribution in [2.75, 3.05) is 32.8 Å². The summed E-state index contributed by atoms with van der Waals surface area (Å²) in [7, 11) is 0. The van der Waals surface area contributed by atoms with Gasteiger partial charge in [-0.15, -0.1) is 0 Å². The first-order chi connectivity index (χ1) is 14.5. The highest BCUT2D eigenvalue weighted by Crippen LogP contribution is 2.35. The first-order valence-corrected chi connectivity index (χ1v) is 11.0. The van der Waals surface area contributed by atoms with Crippen molar-refractivity contribution in [3.63, 3.8) is 0 Å². The molecule has 3 heterocycles. The fourth-order valence-electron chi connectivity index (χ4n) is 3.73. The van der Waals surface area contributed by atoms with Gasteiger partial charge < -0.3 is 14.2 Å². The molecule has 158 valence electrons. The summed E-state index contributed by atoms with van der Waals surface area (Å²) < 4.78 is 7.45. The minimum Gasteiger partial charge on any atom is -0.378 e. The zero-order chi connectivity index (χ0) is 21.3. The van der Waals surface area contributed by atoms with E-state index in [0.29, 0.717) is 37.3 Å². The molecule has 4 rings (SSSR count). The molecule has 30 heavy (non-hydrogen) atoms. The van der Waals surface area contributed by atoms with Crippen molar-refractivity contribution >= 4 is 45.8 Å². The Labute approximate surface area is 179 Å². The van der Waals surface area contributed by atoms with Gasteiger partial charge in [0.1, 0.15) is 6.54 Å². The number of hydrogen-bond donors (Lipinski definition) is 0. The molecule has 2 aliphatic rings. The van der Waals surface area contributed by atoms with Gasteiger partial charge in [-0.3, -0.25) is 19.3 Å². The van der Waals surface area contributed by atoms with E-state index in [1.807, 2.05) is 24.4 Å². The van der Waals surface area contributed by atoms with E-state index in [-0.39, 0.29) is 12.5 Å². The van der Waals surface area contributed by atoms with E-state index in [1.54, 1.807) is 11.0 Å². The topological polar surface area (TPSA) is 71.8 Å². The molecule has 0 aliphatic carbocycles. The monoisotopic (exact) mass is 427 g/mol. The van der Waals surface area contributed by atoms with Crippen LogP contribution in [0.1, 0.15) is 31.9 Å². The standard InChI is InChI=1S/C22H25N3O4S/c1-3-15(2)24-13-16(17-6-4-5-7-18(17)24)12-19-21(27)25(22(28)30-19)14-20(26)23-8-10-29-11-9-23/h4-7,12-13,15H,3,8-11,14H2,1-2H3/b19-12-. The Balaban J connectivity index is 1.58. The highest BCUT2D eigenvalue weighted by molar-refractivity contribution is 8.18. The number of carbonyl (C=O) groups excluding carboxylic acids is 3. The first-order valence-electron chi connectivity index (χ1n) is 10.2. The lowest BCUT2D eigenvalue weighted by atomic mass is 10.1. The van der Waals surface area contributed by atoms with Gasteiger partial charge in [0.2, 0.25) is 5.91 Å². The molecule has 0 spiro atoms. The number of benzene rings is 1. The van der Waals surface area contributed by atoms with E-state index in [0.717, 1.165) is 39.5 Å². The lowest BCUT2D eigenvalue weighted by molar-refractivity contribution is -0.139. The van der Waals surface area contributed by atoms with Gasteiger partial charge in [0.15, 0.2) is 0 Å². The maximum atomic E-state index is 12.9. The molecule has 1 unspecified atom stereocenters. The first kappa shape index (κ1) is 20.7. The number of thioether (sulfide) groups is 1. The molecule has 2 saturated heterocycles. The van der Waals surface area contributed by atoms with Crippen LogP contribution in [0.3, 0.4) is 0 Å². The molecule has 2 fully saturated rings. The van der Waals surface area contributed by atoms with Crippen molar-refractivity contribution < 1.29 is 19.1 Å². The molecule has 0 radical (unpaired) electrons. The molecule has 1 aromatic heterocycles. The molecular weight excluding hydrogens is 402 g/mol. The molecule has 8 heteroatoms. The summed E-state index contributed by atoms with van der Waals surface area (Å²) in [6, 6.07) is 8.36. The third kappa shape index (κ3) is 3.89. The van der Waals surface area contributed by atoms with Crippen LogP contribution in [0.25, 0.3) is 17.0 Å². The van der Waals surface area contributed by atoms with Gasteiger partial charge in [-0.25, -0.2) is 0 Å². The van der Waals surface area contributed by atoms with Crippen LogP contribution in [-0.2, 0) is 14.3 Å². The van der Waals surface area contributed by atoms with Crippen LogP contribution in [0.2, 0.25) is 0 Å². The predicted octanol–water partition coefficient (Wildman–Crippen LogP) is 3.51. The quantitative estimate of drug-likeness (QED) is 0.683. The van der Waals surface area contributed by atoms with Crippen LogP contribution in [0.5, 0.6) is 0 Å². The maximum Gasteiger partial charge on any atom is 0.294 e. The van der Waals surface area contributed by atoms with E-state index in [1.165, 1.54) is 0 Å². The number of rotatable bonds is 5. The summed E-state index contributed by atoms with van der Waals surface area (Å²) in [5.41, 5.74) is 2.00. The van der Waals surface area contributed by atoms with Crippen molar-refractivity contribution in [3.05, 3.63) is 40.9 Å². The van der Waals surface area contributed by atoms with Gasteiger partial charge in [-0.05, 0) is 37.2 Å². The second-order valence-corrected chi connectivity index (χ2v) is 8.52. The second kappa shape index (κ2) is 8.65. The number of ether oxygens (including phenoxy) is 1. The van der Waals surface area contributed by atoms with Crippen molar-refractivity contribution in [2.45, 2.75) is 26.3 Å². The Bertz CT molecular complexity index is 1020. The highest BCUT2D eigenvalue weighted by Gasteiger charge is 2.37. The van der Waals surface area contributed by atoms with E-state index in [2.05, 4.69) is 24.5 Å². The normalized spacial score (nSPS) is 19.9. The van der Waals surface area contributed by atoms with Crippen LogP contribution in [0, 0.1) is 0 Å². The van der Waals surface area contributed by atoms with Crippen LogP contribution < -0.4 is 0 Å². The van der Waals surface area contributed by atoms with Gasteiger partial charge in [-0.2, -0.15) is 0 Å². The lowest BCUT2D eigenvalue weighted by Crippen LogP contribution is -2.46. The lowest BCUT2D eigenvalue weighted by Gasteiger charge is -2.28. The number of aromatic nitrogens is 1. The number of hydrogen-bond acceptors (Lipinski definition) is 5. The summed E-state index contributed by atoms with van der Waals surface area (Å²) in [4.78, 5) is 40.9. The summed E-state index contributed by atoms with van der Waals surface area (Å²) in [5.74, 6) is -0.637. The molecule has 1 aromatic carbocycles.